The minimum atomic E-state index is -1.45. The van der Waals surface area contributed by atoms with Gasteiger partial charge in [-0.3, -0.25) is 0 Å². The van der Waals surface area contributed by atoms with E-state index in [2.05, 4.69) is 16.9 Å². The number of oxime groups is 2. The van der Waals surface area contributed by atoms with Crippen LogP contribution in [-0.4, -0.2) is 39.5 Å². The number of benzene rings is 1. The molecule has 0 radical (unpaired) electrons. The van der Waals surface area contributed by atoms with Crippen LogP contribution in [0.4, 0.5) is 0 Å². The maximum atomic E-state index is 13.1. The molecule has 7 nitrogen and oxygen atoms in total. The Labute approximate surface area is 198 Å². The summed E-state index contributed by atoms with van der Waals surface area (Å²) < 4.78 is 20.4. The molecule has 0 fully saturated rings. The molecule has 0 N–H and O–H groups in total. The first-order valence-electron chi connectivity index (χ1n) is 10.6. The van der Waals surface area contributed by atoms with Crippen LogP contribution < -0.4 is 0 Å². The number of allylic oxidation sites excluding steroid dienone is 3. The SMILES string of the molecule is C=C(Cl)/C(C)=N/O/N=C/C(=C\C)S(=O)N(CCC)CCC1OC(=O)c2ccccc21.CC. The molecule has 0 bridgehead atoms. The van der Waals surface area contributed by atoms with E-state index in [4.69, 9.17) is 21.3 Å². The van der Waals surface area contributed by atoms with Crippen molar-refractivity contribution in [1.82, 2.24) is 4.31 Å². The number of hydrogen-bond acceptors (Lipinski definition) is 6. The Bertz CT molecular complexity index is 899. The molecule has 0 saturated carbocycles. The zero-order chi connectivity index (χ0) is 24.1. The van der Waals surface area contributed by atoms with Crippen molar-refractivity contribution >= 4 is 40.5 Å². The molecule has 1 heterocycles. The number of hydrogen-bond donors (Lipinski definition) is 0. The monoisotopic (exact) mass is 481 g/mol. The summed E-state index contributed by atoms with van der Waals surface area (Å²) in [5.74, 6) is -0.312. The molecule has 0 aromatic heterocycles. The van der Waals surface area contributed by atoms with Crippen molar-refractivity contribution in [2.45, 2.75) is 53.6 Å². The second-order valence-corrected chi connectivity index (χ2v) is 8.48. The average Bonchev–Trinajstić information content (AvgIpc) is 3.13. The summed E-state index contributed by atoms with van der Waals surface area (Å²) in [5.41, 5.74) is 1.87. The number of rotatable bonds is 11. The third kappa shape index (κ3) is 8.00. The second-order valence-electron chi connectivity index (χ2n) is 6.54. The highest BCUT2D eigenvalue weighted by molar-refractivity contribution is 7.87. The van der Waals surface area contributed by atoms with E-state index in [0.717, 1.165) is 12.0 Å². The van der Waals surface area contributed by atoms with Crippen LogP contribution in [0.15, 0.2) is 57.2 Å². The van der Waals surface area contributed by atoms with Crippen LogP contribution in [0.1, 0.15) is 69.5 Å². The van der Waals surface area contributed by atoms with Crippen LogP contribution in [0.2, 0.25) is 0 Å². The highest BCUT2D eigenvalue weighted by Crippen LogP contribution is 2.33. The third-order valence-corrected chi connectivity index (χ3v) is 6.26. The van der Waals surface area contributed by atoms with Crippen LogP contribution in [0.5, 0.6) is 0 Å². The molecule has 0 aliphatic carbocycles. The average molecular weight is 482 g/mol. The van der Waals surface area contributed by atoms with Gasteiger partial charge in [-0.05, 0) is 26.3 Å². The lowest BCUT2D eigenvalue weighted by molar-refractivity contribution is 0.0360. The first kappa shape index (κ1) is 27.7. The molecule has 32 heavy (non-hydrogen) atoms. The zero-order valence-electron chi connectivity index (χ0n) is 19.3. The topological polar surface area (TPSA) is 80.6 Å². The predicted molar refractivity (Wildman–Crippen MR) is 132 cm³/mol. The highest BCUT2D eigenvalue weighted by atomic mass is 35.5. The molecule has 9 heteroatoms. The number of ether oxygens (including phenoxy) is 1. The van der Waals surface area contributed by atoms with Crippen molar-refractivity contribution in [3.63, 3.8) is 0 Å². The Kier molecular flexibility index (Phi) is 12.8. The van der Waals surface area contributed by atoms with E-state index < -0.39 is 11.0 Å². The first-order chi connectivity index (χ1) is 15.4. The predicted octanol–water partition coefficient (Wildman–Crippen LogP) is 5.72. The lowest BCUT2D eigenvalue weighted by Gasteiger charge is -2.22. The van der Waals surface area contributed by atoms with Gasteiger partial charge in [-0.1, -0.05) is 73.5 Å². The number of carbonyl (C=O) groups excluding carboxylic acids is 1. The molecule has 1 aromatic rings. The van der Waals surface area contributed by atoms with Crippen LogP contribution in [0, 0.1) is 0 Å². The van der Waals surface area contributed by atoms with Gasteiger partial charge in [0.25, 0.3) is 0 Å². The van der Waals surface area contributed by atoms with Gasteiger partial charge in [-0.25, -0.2) is 18.2 Å². The molecule has 1 aliphatic heterocycles. The molecule has 0 spiro atoms. The number of halogens is 1. The minimum absolute atomic E-state index is 0.253. The summed E-state index contributed by atoms with van der Waals surface area (Å²) in [6.45, 7) is 14.1. The molecule has 2 rings (SSSR count). The van der Waals surface area contributed by atoms with Crippen LogP contribution in [0.3, 0.4) is 0 Å². The van der Waals surface area contributed by atoms with Gasteiger partial charge < -0.3 is 4.74 Å². The summed E-state index contributed by atoms with van der Waals surface area (Å²) in [6.07, 6.45) is 4.08. The van der Waals surface area contributed by atoms with E-state index in [9.17, 15) is 9.00 Å². The fourth-order valence-corrected chi connectivity index (χ4v) is 4.09. The van der Waals surface area contributed by atoms with Crippen molar-refractivity contribution in [2.75, 3.05) is 13.1 Å². The van der Waals surface area contributed by atoms with Crippen molar-refractivity contribution < 1.29 is 18.7 Å². The van der Waals surface area contributed by atoms with Crippen molar-refractivity contribution in [1.29, 1.82) is 0 Å². The van der Waals surface area contributed by atoms with Gasteiger partial charge in [0.15, 0.2) is 0 Å². The van der Waals surface area contributed by atoms with Gasteiger partial charge in [-0.2, -0.15) is 0 Å². The minimum Gasteiger partial charge on any atom is -0.454 e. The Morgan fingerprint density at radius 3 is 2.66 bits per heavy atom. The van der Waals surface area contributed by atoms with E-state index in [1.807, 2.05) is 43.3 Å². The summed E-state index contributed by atoms with van der Waals surface area (Å²) in [6, 6.07) is 7.35. The summed E-state index contributed by atoms with van der Waals surface area (Å²) in [5, 5.41) is 7.68. The number of nitrogens with zero attached hydrogens (tertiary/aromatic N) is 3. The van der Waals surface area contributed by atoms with Gasteiger partial charge in [0, 0.05) is 25.1 Å². The lowest BCUT2D eigenvalue weighted by atomic mass is 10.0. The maximum Gasteiger partial charge on any atom is 0.339 e. The normalized spacial score (nSPS) is 17.0. The highest BCUT2D eigenvalue weighted by Gasteiger charge is 2.31. The van der Waals surface area contributed by atoms with Gasteiger partial charge in [-0.15, -0.1) is 0 Å². The third-order valence-electron chi connectivity index (χ3n) is 4.41. The van der Waals surface area contributed by atoms with Crippen LogP contribution in [0.25, 0.3) is 0 Å². The molecule has 0 saturated heterocycles. The Balaban J connectivity index is 0.00000249. The first-order valence-corrected chi connectivity index (χ1v) is 12.1. The fraction of sp³-hybridized carbons (Fsp3) is 0.435. The van der Waals surface area contributed by atoms with Gasteiger partial charge >= 0.3 is 5.97 Å². The Morgan fingerprint density at radius 2 is 2.03 bits per heavy atom. The van der Waals surface area contributed by atoms with Crippen molar-refractivity contribution in [3.8, 4) is 0 Å². The molecule has 1 aromatic carbocycles. The summed E-state index contributed by atoms with van der Waals surface area (Å²) in [4.78, 5) is 17.3. The molecular formula is C23H32ClN3O4S. The molecule has 176 valence electrons. The largest absolute Gasteiger partial charge is 0.454 e. The molecular weight excluding hydrogens is 450 g/mol. The quantitative estimate of drug-likeness (QED) is 0.230. The molecule has 1 aliphatic rings. The zero-order valence-corrected chi connectivity index (χ0v) is 20.9. The van der Waals surface area contributed by atoms with Gasteiger partial charge in [0.2, 0.25) is 0 Å². The van der Waals surface area contributed by atoms with Crippen LogP contribution in [-0.2, 0) is 20.7 Å². The fourth-order valence-electron chi connectivity index (χ4n) is 2.80. The Morgan fingerprint density at radius 1 is 1.34 bits per heavy atom. The van der Waals surface area contributed by atoms with E-state index in [1.54, 1.807) is 26.0 Å². The van der Waals surface area contributed by atoms with E-state index in [0.29, 0.717) is 35.7 Å². The van der Waals surface area contributed by atoms with Crippen LogP contribution >= 0.6 is 11.6 Å². The standard InChI is InChI=1S/C21H26ClN3O4S.C2H6/c1-5-12-25(13-11-20-18-9-7-8-10-19(18)21(26)28-20)30(27)17(6-2)14-23-29-24-16(4)15(3)22;1-2/h6-10,14,20H,3,5,11-13H2,1-2,4H3;1-2H3/b17-6+,23-14+,24-16+;. The summed E-state index contributed by atoms with van der Waals surface area (Å²) >= 11 is 5.70. The number of carbonyl (C=O) groups is 1. The number of fused-ring (bicyclic) bond motifs is 1. The van der Waals surface area contributed by atoms with E-state index in [1.165, 1.54) is 6.21 Å². The van der Waals surface area contributed by atoms with Gasteiger partial charge in [0.1, 0.15) is 17.1 Å². The smallest absolute Gasteiger partial charge is 0.339 e. The second kappa shape index (κ2) is 14.7. The van der Waals surface area contributed by atoms with E-state index >= 15 is 0 Å². The van der Waals surface area contributed by atoms with E-state index in [-0.39, 0.29) is 17.1 Å². The van der Waals surface area contributed by atoms with Gasteiger partial charge in [0.05, 0.1) is 27.4 Å². The number of cyclic esters (lactones) is 1. The molecule has 2 atom stereocenters. The van der Waals surface area contributed by atoms with Crippen molar-refractivity contribution in [2.24, 2.45) is 10.3 Å². The lowest BCUT2D eigenvalue weighted by Crippen LogP contribution is -2.30. The van der Waals surface area contributed by atoms with Crippen molar-refractivity contribution in [3.05, 3.63) is 58.0 Å². The maximum absolute atomic E-state index is 13.1. The molecule has 0 amide bonds. The molecule has 2 unspecified atom stereocenters. The summed E-state index contributed by atoms with van der Waals surface area (Å²) in [7, 11) is -1.45. The Hall–Kier alpha value is -2.29. The number of esters is 1.